The van der Waals surface area contributed by atoms with E-state index in [0.717, 1.165) is 4.90 Å². The lowest BCUT2D eigenvalue weighted by atomic mass is 10.3. The molecule has 0 saturated carbocycles. The first-order valence-corrected chi connectivity index (χ1v) is 6.70. The fourth-order valence-corrected chi connectivity index (χ4v) is 1.98. The highest BCUT2D eigenvalue weighted by Gasteiger charge is 2.16. The molecule has 98 valence electrons. The standard InChI is InChI=1S/C11H9ClN4O2S/c1-19-8-3-2-5-13-10(8)15-7-4-6-14-16-9(7)11(17)18-12/h2-6H,1H3,(H,13,14,15). The second-order valence-corrected chi connectivity index (χ2v) is 4.34. The maximum Gasteiger partial charge on any atom is 0.379 e. The van der Waals surface area contributed by atoms with Gasteiger partial charge < -0.3 is 9.61 Å². The third-order valence-electron chi connectivity index (χ3n) is 2.23. The van der Waals surface area contributed by atoms with E-state index < -0.39 is 5.97 Å². The van der Waals surface area contributed by atoms with Gasteiger partial charge in [0.15, 0.2) is 5.69 Å². The van der Waals surface area contributed by atoms with Gasteiger partial charge in [0.25, 0.3) is 0 Å². The van der Waals surface area contributed by atoms with Crippen molar-refractivity contribution in [2.24, 2.45) is 0 Å². The highest BCUT2D eigenvalue weighted by molar-refractivity contribution is 7.98. The normalized spacial score (nSPS) is 10.0. The molecule has 0 atom stereocenters. The van der Waals surface area contributed by atoms with Gasteiger partial charge >= 0.3 is 5.97 Å². The van der Waals surface area contributed by atoms with Crippen LogP contribution in [0.2, 0.25) is 0 Å². The van der Waals surface area contributed by atoms with Gasteiger partial charge in [-0.2, -0.15) is 5.10 Å². The average molecular weight is 297 g/mol. The minimum atomic E-state index is -0.779. The van der Waals surface area contributed by atoms with Crippen LogP contribution in [0.1, 0.15) is 10.5 Å². The predicted octanol–water partition coefficient (Wildman–Crippen LogP) is 2.65. The minimum Gasteiger partial charge on any atom is -0.342 e. The van der Waals surface area contributed by atoms with E-state index in [1.54, 1.807) is 12.3 Å². The lowest BCUT2D eigenvalue weighted by Gasteiger charge is -2.10. The van der Waals surface area contributed by atoms with Crippen LogP contribution in [0.4, 0.5) is 11.5 Å². The van der Waals surface area contributed by atoms with Crippen molar-refractivity contribution >= 4 is 41.1 Å². The van der Waals surface area contributed by atoms with Gasteiger partial charge in [-0.15, -0.1) is 16.9 Å². The van der Waals surface area contributed by atoms with Gasteiger partial charge in [-0.25, -0.2) is 9.78 Å². The average Bonchev–Trinajstić information content (AvgIpc) is 2.47. The van der Waals surface area contributed by atoms with Crippen molar-refractivity contribution in [1.82, 2.24) is 15.2 Å². The van der Waals surface area contributed by atoms with Gasteiger partial charge in [-0.3, -0.25) is 0 Å². The molecular weight excluding hydrogens is 288 g/mol. The zero-order valence-electron chi connectivity index (χ0n) is 9.83. The number of anilines is 2. The van der Waals surface area contributed by atoms with E-state index in [-0.39, 0.29) is 5.69 Å². The summed E-state index contributed by atoms with van der Waals surface area (Å²) in [4.78, 5) is 16.6. The van der Waals surface area contributed by atoms with Crippen LogP contribution < -0.4 is 5.32 Å². The number of aromatic nitrogens is 3. The van der Waals surface area contributed by atoms with E-state index in [0.29, 0.717) is 11.5 Å². The molecule has 0 fully saturated rings. The number of thioether (sulfide) groups is 1. The number of carbonyl (C=O) groups excluding carboxylic acids is 1. The Bertz CT molecular complexity index is 596. The van der Waals surface area contributed by atoms with Gasteiger partial charge in [0.2, 0.25) is 0 Å². The number of nitrogens with zero attached hydrogens (tertiary/aromatic N) is 3. The molecule has 0 aromatic carbocycles. The lowest BCUT2D eigenvalue weighted by Crippen LogP contribution is -2.08. The van der Waals surface area contributed by atoms with Crippen molar-refractivity contribution in [1.29, 1.82) is 0 Å². The molecular formula is C11H9ClN4O2S. The molecule has 0 aliphatic heterocycles. The van der Waals surface area contributed by atoms with Crippen molar-refractivity contribution < 1.29 is 9.08 Å². The molecule has 0 bridgehead atoms. The highest BCUT2D eigenvalue weighted by Crippen LogP contribution is 2.26. The van der Waals surface area contributed by atoms with Crippen molar-refractivity contribution in [3.8, 4) is 0 Å². The molecule has 2 aromatic rings. The molecule has 19 heavy (non-hydrogen) atoms. The maximum atomic E-state index is 11.5. The lowest BCUT2D eigenvalue weighted by molar-refractivity contribution is 0.0745. The van der Waals surface area contributed by atoms with Crippen LogP contribution in [-0.4, -0.2) is 27.4 Å². The van der Waals surface area contributed by atoms with Gasteiger partial charge in [0.1, 0.15) is 17.7 Å². The number of rotatable bonds is 4. The first kappa shape index (κ1) is 13.6. The number of hydrogen-bond acceptors (Lipinski definition) is 7. The Morgan fingerprint density at radius 1 is 1.42 bits per heavy atom. The summed E-state index contributed by atoms with van der Waals surface area (Å²) in [5.41, 5.74) is 0.421. The topological polar surface area (TPSA) is 77.0 Å². The smallest absolute Gasteiger partial charge is 0.342 e. The van der Waals surface area contributed by atoms with Crippen LogP contribution >= 0.6 is 23.6 Å². The molecule has 0 aliphatic rings. The van der Waals surface area contributed by atoms with Crippen LogP contribution in [0.25, 0.3) is 0 Å². The van der Waals surface area contributed by atoms with Crippen LogP contribution in [0, 0.1) is 0 Å². The minimum absolute atomic E-state index is 0.00444. The second-order valence-electron chi connectivity index (χ2n) is 3.34. The summed E-state index contributed by atoms with van der Waals surface area (Å²) in [5.74, 6) is -0.162. The van der Waals surface area contributed by atoms with E-state index in [1.165, 1.54) is 18.0 Å². The van der Waals surface area contributed by atoms with Crippen LogP contribution in [0.3, 0.4) is 0 Å². The van der Waals surface area contributed by atoms with E-state index in [4.69, 9.17) is 11.9 Å². The van der Waals surface area contributed by atoms with Gasteiger partial charge in [0, 0.05) is 11.1 Å². The first-order chi connectivity index (χ1) is 9.26. The van der Waals surface area contributed by atoms with Crippen LogP contribution in [-0.2, 0) is 4.29 Å². The summed E-state index contributed by atoms with van der Waals surface area (Å²) < 4.78 is 4.14. The number of carbonyl (C=O) groups is 1. The van der Waals surface area contributed by atoms with E-state index in [9.17, 15) is 4.79 Å². The van der Waals surface area contributed by atoms with Gasteiger partial charge in [-0.05, 0) is 24.5 Å². The zero-order valence-corrected chi connectivity index (χ0v) is 11.4. The Kier molecular flexibility index (Phi) is 4.53. The second kappa shape index (κ2) is 6.35. The molecule has 0 aliphatic carbocycles. The summed E-state index contributed by atoms with van der Waals surface area (Å²) in [5, 5.41) is 10.3. The summed E-state index contributed by atoms with van der Waals surface area (Å²) in [6, 6.07) is 5.33. The van der Waals surface area contributed by atoms with Gasteiger partial charge in [0.05, 0.1) is 11.9 Å². The monoisotopic (exact) mass is 296 g/mol. The molecule has 0 radical (unpaired) electrons. The summed E-state index contributed by atoms with van der Waals surface area (Å²) in [6.45, 7) is 0. The van der Waals surface area contributed by atoms with Crippen molar-refractivity contribution in [3.63, 3.8) is 0 Å². The summed E-state index contributed by atoms with van der Waals surface area (Å²) in [7, 11) is 0. The SMILES string of the molecule is CSc1cccnc1Nc1ccnnc1C(=O)OCl. The fourth-order valence-electron chi connectivity index (χ4n) is 1.40. The maximum absolute atomic E-state index is 11.5. The Hall–Kier alpha value is -1.86. The Labute approximate surface area is 118 Å². The Balaban J connectivity index is 2.36. The van der Waals surface area contributed by atoms with E-state index in [1.807, 2.05) is 18.4 Å². The Morgan fingerprint density at radius 3 is 3.00 bits per heavy atom. The molecule has 0 amide bonds. The van der Waals surface area contributed by atoms with Crippen molar-refractivity contribution in [3.05, 3.63) is 36.3 Å². The molecule has 6 nitrogen and oxygen atoms in total. The molecule has 2 rings (SSSR count). The third kappa shape index (κ3) is 3.12. The van der Waals surface area contributed by atoms with Crippen LogP contribution in [0.5, 0.6) is 0 Å². The van der Waals surface area contributed by atoms with Crippen molar-refractivity contribution in [2.45, 2.75) is 4.90 Å². The predicted molar refractivity (Wildman–Crippen MR) is 72.6 cm³/mol. The zero-order chi connectivity index (χ0) is 13.7. The largest absolute Gasteiger partial charge is 0.379 e. The molecule has 2 aromatic heterocycles. The van der Waals surface area contributed by atoms with Crippen molar-refractivity contribution in [2.75, 3.05) is 11.6 Å². The van der Waals surface area contributed by atoms with E-state index in [2.05, 4.69) is 24.8 Å². The molecule has 0 saturated heterocycles. The number of halogens is 1. The van der Waals surface area contributed by atoms with Gasteiger partial charge in [-0.1, -0.05) is 0 Å². The summed E-state index contributed by atoms with van der Waals surface area (Å²) in [6.07, 6.45) is 5.03. The summed E-state index contributed by atoms with van der Waals surface area (Å²) >= 11 is 6.59. The molecule has 2 heterocycles. The van der Waals surface area contributed by atoms with E-state index >= 15 is 0 Å². The number of hydrogen-bond donors (Lipinski definition) is 1. The fraction of sp³-hybridized carbons (Fsp3) is 0.0909. The quantitative estimate of drug-likeness (QED) is 0.869. The van der Waals surface area contributed by atoms with Crippen LogP contribution in [0.15, 0.2) is 35.5 Å². The molecule has 8 heteroatoms. The first-order valence-electron chi connectivity index (χ1n) is 5.17. The Morgan fingerprint density at radius 2 is 2.26 bits per heavy atom. The molecule has 0 unspecified atom stereocenters. The molecule has 1 N–H and O–H groups in total. The highest BCUT2D eigenvalue weighted by atomic mass is 35.5. The number of pyridine rings is 1. The molecule has 0 spiro atoms. The number of nitrogens with one attached hydrogen (secondary N) is 1. The third-order valence-corrected chi connectivity index (χ3v) is 3.14.